The second kappa shape index (κ2) is 4.99. The van der Waals surface area contributed by atoms with Crippen molar-refractivity contribution >= 4 is 15.8 Å². The third-order valence-electron chi connectivity index (χ3n) is 1.49. The molecule has 7 heteroatoms. The summed E-state index contributed by atoms with van der Waals surface area (Å²) >= 11 is 0. The van der Waals surface area contributed by atoms with Gasteiger partial charge in [0.25, 0.3) is 0 Å². The van der Waals surface area contributed by atoms with Crippen LogP contribution in [0, 0.1) is 0 Å². The van der Waals surface area contributed by atoms with Gasteiger partial charge in [-0.3, -0.25) is 0 Å². The zero-order valence-corrected chi connectivity index (χ0v) is 10.7. The minimum absolute atomic E-state index is 0. The van der Waals surface area contributed by atoms with Gasteiger partial charge in [0.1, 0.15) is 15.9 Å². The van der Waals surface area contributed by atoms with Gasteiger partial charge in [-0.25, -0.2) is 8.42 Å². The second-order valence-corrected chi connectivity index (χ2v) is 3.74. The summed E-state index contributed by atoms with van der Waals surface area (Å²) in [5.41, 5.74) is 5.71. The van der Waals surface area contributed by atoms with Crippen molar-refractivity contribution in [3.05, 3.63) is 18.2 Å². The summed E-state index contributed by atoms with van der Waals surface area (Å²) in [5, 5.41) is 0. The molecule has 0 aliphatic heterocycles. The SMILES string of the molecule is COc1cc(S(=O)(=O)[O-])ccc1N.[Na+]. The van der Waals surface area contributed by atoms with E-state index in [-0.39, 0.29) is 45.9 Å². The van der Waals surface area contributed by atoms with E-state index in [0.717, 1.165) is 12.1 Å². The normalized spacial score (nSPS) is 10.4. The van der Waals surface area contributed by atoms with Crippen LogP contribution in [0.1, 0.15) is 0 Å². The summed E-state index contributed by atoms with van der Waals surface area (Å²) in [6, 6.07) is 3.54. The molecule has 0 heterocycles. The number of hydrogen-bond donors (Lipinski definition) is 1. The van der Waals surface area contributed by atoms with Crippen molar-refractivity contribution in [2.24, 2.45) is 0 Å². The average molecular weight is 225 g/mol. The van der Waals surface area contributed by atoms with Crippen LogP contribution in [0.3, 0.4) is 0 Å². The van der Waals surface area contributed by atoms with Crippen LogP contribution in [-0.4, -0.2) is 20.1 Å². The van der Waals surface area contributed by atoms with Gasteiger partial charge >= 0.3 is 29.6 Å². The minimum atomic E-state index is -4.44. The van der Waals surface area contributed by atoms with Gasteiger partial charge in [-0.05, 0) is 18.2 Å². The Morgan fingerprint density at radius 3 is 2.43 bits per heavy atom. The Balaban J connectivity index is 0.00000169. The molecule has 0 spiro atoms. The van der Waals surface area contributed by atoms with Crippen molar-refractivity contribution < 1.29 is 47.3 Å². The monoisotopic (exact) mass is 225 g/mol. The molecule has 1 aromatic rings. The predicted molar refractivity (Wildman–Crippen MR) is 45.4 cm³/mol. The van der Waals surface area contributed by atoms with Gasteiger partial charge in [-0.1, -0.05) is 0 Å². The Morgan fingerprint density at radius 2 is 2.00 bits per heavy atom. The Morgan fingerprint density at radius 1 is 1.43 bits per heavy atom. The Hall–Kier alpha value is -0.270. The number of benzene rings is 1. The molecule has 0 bridgehead atoms. The molecule has 0 atom stereocenters. The number of nitrogens with two attached hydrogens (primary N) is 1. The quantitative estimate of drug-likeness (QED) is 0.333. The summed E-state index contributed by atoms with van der Waals surface area (Å²) < 4.78 is 36.4. The first-order chi connectivity index (χ1) is 5.95. The summed E-state index contributed by atoms with van der Waals surface area (Å²) in [6.45, 7) is 0. The number of ether oxygens (including phenoxy) is 1. The third kappa shape index (κ3) is 3.14. The van der Waals surface area contributed by atoms with Crippen LogP contribution >= 0.6 is 0 Å². The average Bonchev–Trinajstić information content (AvgIpc) is 2.03. The molecular formula is C7H8NNaO4S. The topological polar surface area (TPSA) is 92.5 Å². The van der Waals surface area contributed by atoms with Gasteiger partial charge < -0.3 is 15.0 Å². The number of methoxy groups -OCH3 is 1. The van der Waals surface area contributed by atoms with Crippen LogP contribution in [0.4, 0.5) is 5.69 Å². The molecule has 14 heavy (non-hydrogen) atoms. The number of nitrogen functional groups attached to an aromatic ring is 1. The first-order valence-electron chi connectivity index (χ1n) is 3.34. The van der Waals surface area contributed by atoms with E-state index in [1.54, 1.807) is 0 Å². The fourth-order valence-corrected chi connectivity index (χ4v) is 1.33. The standard InChI is InChI=1S/C7H9NO4S.Na/c1-12-7-4-5(13(9,10)11)2-3-6(7)8;/h2-4H,8H2,1H3,(H,9,10,11);/q;+1/p-1. The van der Waals surface area contributed by atoms with Gasteiger partial charge in [-0.15, -0.1) is 0 Å². The molecule has 0 aliphatic rings. The van der Waals surface area contributed by atoms with Crippen LogP contribution < -0.4 is 40.0 Å². The van der Waals surface area contributed by atoms with Crippen LogP contribution in [0.25, 0.3) is 0 Å². The number of hydrogen-bond acceptors (Lipinski definition) is 5. The van der Waals surface area contributed by atoms with Crippen molar-refractivity contribution in [3.8, 4) is 5.75 Å². The largest absolute Gasteiger partial charge is 1.00 e. The van der Waals surface area contributed by atoms with E-state index in [0.29, 0.717) is 0 Å². The van der Waals surface area contributed by atoms with Gasteiger partial charge in [0, 0.05) is 0 Å². The molecule has 0 amide bonds. The summed E-state index contributed by atoms with van der Waals surface area (Å²) in [6.07, 6.45) is 0. The smallest absolute Gasteiger partial charge is 0.744 e. The number of rotatable bonds is 2. The molecule has 0 unspecified atom stereocenters. The maximum atomic E-state index is 10.6. The number of anilines is 1. The van der Waals surface area contributed by atoms with Crippen molar-refractivity contribution in [2.75, 3.05) is 12.8 Å². The third-order valence-corrected chi connectivity index (χ3v) is 2.32. The molecular weight excluding hydrogens is 217 g/mol. The fourth-order valence-electron chi connectivity index (χ4n) is 0.847. The van der Waals surface area contributed by atoms with Gasteiger partial charge in [0.2, 0.25) is 0 Å². The van der Waals surface area contributed by atoms with Crippen molar-refractivity contribution in [2.45, 2.75) is 4.90 Å². The van der Waals surface area contributed by atoms with Crippen LogP contribution in [0.2, 0.25) is 0 Å². The zero-order valence-electron chi connectivity index (χ0n) is 7.85. The minimum Gasteiger partial charge on any atom is -0.744 e. The Bertz CT molecular complexity index is 418. The summed E-state index contributed by atoms with van der Waals surface area (Å²) in [7, 11) is -3.10. The molecule has 1 rings (SSSR count). The van der Waals surface area contributed by atoms with Crippen LogP contribution in [0.5, 0.6) is 5.75 Å². The molecule has 0 fully saturated rings. The first-order valence-corrected chi connectivity index (χ1v) is 4.75. The summed E-state index contributed by atoms with van der Waals surface area (Å²) in [4.78, 5) is -0.349. The zero-order chi connectivity index (χ0) is 10.1. The first kappa shape index (κ1) is 13.7. The molecule has 72 valence electrons. The van der Waals surface area contributed by atoms with E-state index < -0.39 is 10.1 Å². The van der Waals surface area contributed by atoms with E-state index in [1.807, 2.05) is 0 Å². The van der Waals surface area contributed by atoms with E-state index in [4.69, 9.17) is 10.5 Å². The second-order valence-electron chi connectivity index (χ2n) is 2.36. The molecule has 1 aromatic carbocycles. The van der Waals surface area contributed by atoms with E-state index >= 15 is 0 Å². The molecule has 0 saturated heterocycles. The van der Waals surface area contributed by atoms with Gasteiger partial charge in [0.05, 0.1) is 17.7 Å². The van der Waals surface area contributed by atoms with Gasteiger partial charge in [-0.2, -0.15) is 0 Å². The molecule has 0 aromatic heterocycles. The van der Waals surface area contributed by atoms with Crippen molar-refractivity contribution in [1.82, 2.24) is 0 Å². The maximum Gasteiger partial charge on any atom is 1.00 e. The Kier molecular flexibility index (Phi) is 4.90. The molecule has 2 N–H and O–H groups in total. The van der Waals surface area contributed by atoms with E-state index in [1.165, 1.54) is 13.2 Å². The van der Waals surface area contributed by atoms with Gasteiger partial charge in [0.15, 0.2) is 0 Å². The predicted octanol–water partition coefficient (Wildman–Crippen LogP) is -2.81. The molecule has 0 saturated carbocycles. The van der Waals surface area contributed by atoms with Crippen LogP contribution in [0.15, 0.2) is 23.1 Å². The molecule has 0 aliphatic carbocycles. The maximum absolute atomic E-state index is 10.6. The van der Waals surface area contributed by atoms with E-state index in [9.17, 15) is 13.0 Å². The summed E-state index contributed by atoms with van der Waals surface area (Å²) in [5.74, 6) is 0.178. The Labute approximate surface area is 104 Å². The molecule has 0 radical (unpaired) electrons. The van der Waals surface area contributed by atoms with Crippen LogP contribution in [-0.2, 0) is 10.1 Å². The fraction of sp³-hybridized carbons (Fsp3) is 0.143. The molecule has 5 nitrogen and oxygen atoms in total. The van der Waals surface area contributed by atoms with Crippen molar-refractivity contribution in [3.63, 3.8) is 0 Å². The van der Waals surface area contributed by atoms with E-state index in [2.05, 4.69) is 0 Å². The van der Waals surface area contributed by atoms with Crippen molar-refractivity contribution in [1.29, 1.82) is 0 Å².